The van der Waals surface area contributed by atoms with Crippen molar-refractivity contribution in [3.05, 3.63) is 52.3 Å². The topological polar surface area (TPSA) is 104 Å². The molecule has 1 fully saturated rings. The normalized spacial score (nSPS) is 14.7. The number of amides is 1. The van der Waals surface area contributed by atoms with Gasteiger partial charge in [-0.25, -0.2) is 9.97 Å². The van der Waals surface area contributed by atoms with E-state index in [0.29, 0.717) is 36.7 Å². The Hall–Kier alpha value is -3.21. The van der Waals surface area contributed by atoms with Gasteiger partial charge in [0.15, 0.2) is 5.82 Å². The lowest BCUT2D eigenvalue weighted by Gasteiger charge is -2.32. The summed E-state index contributed by atoms with van der Waals surface area (Å²) < 4.78 is 1.63. The van der Waals surface area contributed by atoms with Gasteiger partial charge in [0.1, 0.15) is 11.8 Å². The van der Waals surface area contributed by atoms with Crippen LogP contribution in [0.2, 0.25) is 0 Å². The molecule has 3 heterocycles. The number of carbonyl (C=O) groups is 1. The van der Waals surface area contributed by atoms with E-state index >= 15 is 0 Å². The molecular formula is C18H20N6O2. The second-order valence-electron chi connectivity index (χ2n) is 6.12. The molecule has 1 aliphatic heterocycles. The van der Waals surface area contributed by atoms with Gasteiger partial charge >= 0.3 is 0 Å². The minimum atomic E-state index is -0.251. The van der Waals surface area contributed by atoms with Crippen molar-refractivity contribution in [2.24, 2.45) is 0 Å². The second kappa shape index (κ2) is 7.78. The molecule has 1 N–H and O–H groups in total. The van der Waals surface area contributed by atoms with Crippen molar-refractivity contribution in [1.29, 1.82) is 5.26 Å². The first-order chi connectivity index (χ1) is 12.6. The van der Waals surface area contributed by atoms with Crippen molar-refractivity contribution in [2.45, 2.75) is 32.4 Å². The molecule has 8 heteroatoms. The molecule has 0 saturated carbocycles. The van der Waals surface area contributed by atoms with Gasteiger partial charge in [-0.1, -0.05) is 0 Å². The van der Waals surface area contributed by atoms with Crippen molar-refractivity contribution < 1.29 is 4.79 Å². The monoisotopic (exact) mass is 352 g/mol. The molecule has 0 bridgehead atoms. The Morgan fingerprint density at radius 1 is 1.35 bits per heavy atom. The van der Waals surface area contributed by atoms with Crippen molar-refractivity contribution in [3.63, 3.8) is 0 Å². The van der Waals surface area contributed by atoms with E-state index < -0.39 is 0 Å². The third kappa shape index (κ3) is 3.72. The Labute approximate surface area is 151 Å². The van der Waals surface area contributed by atoms with E-state index in [2.05, 4.69) is 15.3 Å². The summed E-state index contributed by atoms with van der Waals surface area (Å²) in [5.74, 6) is 0.215. The predicted molar refractivity (Wildman–Crippen MR) is 95.8 cm³/mol. The van der Waals surface area contributed by atoms with Gasteiger partial charge in [0, 0.05) is 44.3 Å². The molecule has 0 radical (unpaired) electrons. The maximum atomic E-state index is 12.4. The third-order valence-electron chi connectivity index (χ3n) is 4.49. The molecular weight excluding hydrogens is 332 g/mol. The molecule has 0 atom stereocenters. The summed E-state index contributed by atoms with van der Waals surface area (Å²) in [6, 6.07) is 5.12. The van der Waals surface area contributed by atoms with E-state index in [-0.39, 0.29) is 17.5 Å². The molecule has 0 aromatic carbocycles. The van der Waals surface area contributed by atoms with Gasteiger partial charge in [-0.2, -0.15) is 5.26 Å². The Balaban J connectivity index is 1.59. The summed E-state index contributed by atoms with van der Waals surface area (Å²) in [5, 5.41) is 11.7. The zero-order chi connectivity index (χ0) is 18.5. The number of aromatic nitrogens is 3. The van der Waals surface area contributed by atoms with Crippen LogP contribution in [0.25, 0.3) is 0 Å². The number of carbonyl (C=O) groups excluding carboxylic acids is 1. The van der Waals surface area contributed by atoms with E-state index in [1.54, 1.807) is 29.1 Å². The molecule has 0 unspecified atom stereocenters. The highest BCUT2D eigenvalue weighted by Gasteiger charge is 2.24. The lowest BCUT2D eigenvalue weighted by Crippen LogP contribution is -2.46. The van der Waals surface area contributed by atoms with E-state index in [0.717, 1.165) is 12.8 Å². The maximum absolute atomic E-state index is 12.4. The van der Waals surface area contributed by atoms with Gasteiger partial charge in [-0.05, 0) is 31.9 Å². The first kappa shape index (κ1) is 17.6. The van der Waals surface area contributed by atoms with Crippen LogP contribution in [-0.2, 0) is 6.54 Å². The van der Waals surface area contributed by atoms with Crippen LogP contribution in [-0.4, -0.2) is 39.6 Å². The average Bonchev–Trinajstić information content (AvgIpc) is 2.69. The highest BCUT2D eigenvalue weighted by molar-refractivity contribution is 5.92. The summed E-state index contributed by atoms with van der Waals surface area (Å²) in [7, 11) is 0. The number of nitrogens with one attached hydrogen (secondary N) is 1. The number of pyridine rings is 1. The number of anilines is 1. The molecule has 1 aliphatic rings. The summed E-state index contributed by atoms with van der Waals surface area (Å²) in [6.45, 7) is 3.84. The number of hydrogen-bond donors (Lipinski definition) is 1. The standard InChI is InChI=1S/C18H20N6O2/c1-2-23-10-7-20-16(18(23)26)24-8-5-14(6-9-24)22-17(25)15-4-3-13(11-19)12-21-15/h3-4,7,10,12,14H,2,5-6,8-9H2,1H3,(H,22,25). The first-order valence-corrected chi connectivity index (χ1v) is 8.59. The minimum Gasteiger partial charge on any atom is -0.352 e. The van der Waals surface area contributed by atoms with Gasteiger partial charge in [0.25, 0.3) is 11.5 Å². The smallest absolute Gasteiger partial charge is 0.293 e. The van der Waals surface area contributed by atoms with Crippen LogP contribution >= 0.6 is 0 Å². The Kier molecular flexibility index (Phi) is 5.27. The summed E-state index contributed by atoms with van der Waals surface area (Å²) in [4.78, 5) is 34.8. The Morgan fingerprint density at radius 2 is 2.12 bits per heavy atom. The number of hydrogen-bond acceptors (Lipinski definition) is 6. The molecule has 0 aliphatic carbocycles. The Morgan fingerprint density at radius 3 is 2.73 bits per heavy atom. The zero-order valence-corrected chi connectivity index (χ0v) is 14.6. The zero-order valence-electron chi connectivity index (χ0n) is 14.6. The molecule has 2 aromatic heterocycles. The molecule has 8 nitrogen and oxygen atoms in total. The largest absolute Gasteiger partial charge is 0.352 e. The highest BCUT2D eigenvalue weighted by atomic mass is 16.2. The lowest BCUT2D eigenvalue weighted by molar-refractivity contribution is 0.0926. The molecule has 3 rings (SSSR count). The number of rotatable bonds is 4. The van der Waals surface area contributed by atoms with Crippen LogP contribution in [0.1, 0.15) is 35.8 Å². The SMILES string of the molecule is CCn1ccnc(N2CCC(NC(=O)c3ccc(C#N)cn3)CC2)c1=O. The Bertz CT molecular complexity index is 876. The number of aryl methyl sites for hydroxylation is 1. The van der Waals surface area contributed by atoms with Crippen molar-refractivity contribution in [2.75, 3.05) is 18.0 Å². The lowest BCUT2D eigenvalue weighted by atomic mass is 10.0. The second-order valence-corrected chi connectivity index (χ2v) is 6.12. The quantitative estimate of drug-likeness (QED) is 0.878. The van der Waals surface area contributed by atoms with Gasteiger partial charge < -0.3 is 14.8 Å². The third-order valence-corrected chi connectivity index (χ3v) is 4.49. The molecule has 1 amide bonds. The first-order valence-electron chi connectivity index (χ1n) is 8.59. The molecule has 134 valence electrons. The summed E-state index contributed by atoms with van der Waals surface area (Å²) in [5.41, 5.74) is 0.629. The highest BCUT2D eigenvalue weighted by Crippen LogP contribution is 2.15. The number of nitrogens with zero attached hydrogens (tertiary/aromatic N) is 5. The van der Waals surface area contributed by atoms with Crippen molar-refractivity contribution in [1.82, 2.24) is 19.9 Å². The van der Waals surface area contributed by atoms with Crippen LogP contribution in [0.5, 0.6) is 0 Å². The summed E-state index contributed by atoms with van der Waals surface area (Å²) in [6.07, 6.45) is 6.17. The fraction of sp³-hybridized carbons (Fsp3) is 0.389. The van der Waals surface area contributed by atoms with E-state index in [1.807, 2.05) is 17.9 Å². The van der Waals surface area contributed by atoms with Gasteiger partial charge in [-0.3, -0.25) is 9.59 Å². The fourth-order valence-electron chi connectivity index (χ4n) is 2.99. The van der Waals surface area contributed by atoms with Crippen LogP contribution in [0.3, 0.4) is 0 Å². The summed E-state index contributed by atoms with van der Waals surface area (Å²) >= 11 is 0. The van der Waals surface area contributed by atoms with Crippen LogP contribution < -0.4 is 15.8 Å². The molecule has 2 aromatic rings. The molecule has 26 heavy (non-hydrogen) atoms. The molecule has 1 saturated heterocycles. The van der Waals surface area contributed by atoms with Gasteiger partial charge in [-0.15, -0.1) is 0 Å². The number of nitriles is 1. The maximum Gasteiger partial charge on any atom is 0.293 e. The van der Waals surface area contributed by atoms with Crippen molar-refractivity contribution >= 4 is 11.7 Å². The van der Waals surface area contributed by atoms with E-state index in [1.165, 1.54) is 6.20 Å². The molecule has 0 spiro atoms. The van der Waals surface area contributed by atoms with Crippen LogP contribution in [0, 0.1) is 11.3 Å². The van der Waals surface area contributed by atoms with E-state index in [4.69, 9.17) is 5.26 Å². The number of piperidine rings is 1. The van der Waals surface area contributed by atoms with E-state index in [9.17, 15) is 9.59 Å². The predicted octanol–water partition coefficient (Wildman–Crippen LogP) is 0.929. The van der Waals surface area contributed by atoms with Gasteiger partial charge in [0.05, 0.1) is 5.56 Å². The van der Waals surface area contributed by atoms with Crippen LogP contribution in [0.15, 0.2) is 35.5 Å². The van der Waals surface area contributed by atoms with Crippen LogP contribution in [0.4, 0.5) is 5.82 Å². The fourth-order valence-corrected chi connectivity index (χ4v) is 2.99. The van der Waals surface area contributed by atoms with Crippen molar-refractivity contribution in [3.8, 4) is 6.07 Å². The van der Waals surface area contributed by atoms with Gasteiger partial charge in [0.2, 0.25) is 0 Å². The average molecular weight is 352 g/mol. The minimum absolute atomic E-state index is 0.0216.